The molecular weight excluding hydrogens is 318 g/mol. The van der Waals surface area contributed by atoms with E-state index in [0.717, 1.165) is 22.4 Å². The highest BCUT2D eigenvalue weighted by Gasteiger charge is 2.15. The van der Waals surface area contributed by atoms with Crippen LogP contribution in [0.15, 0.2) is 36.4 Å². The van der Waals surface area contributed by atoms with Crippen LogP contribution in [-0.4, -0.2) is 25.6 Å². The van der Waals surface area contributed by atoms with Gasteiger partial charge in [-0.1, -0.05) is 29.8 Å². The number of esters is 1. The van der Waals surface area contributed by atoms with Gasteiger partial charge in [0.1, 0.15) is 5.75 Å². The topological polar surface area (TPSA) is 64.6 Å². The Balaban J connectivity index is 1.98. The molecule has 132 valence electrons. The lowest BCUT2D eigenvalue weighted by Crippen LogP contribution is -2.18. The van der Waals surface area contributed by atoms with Crippen molar-refractivity contribution in [1.29, 1.82) is 0 Å². The molecule has 0 aliphatic rings. The Morgan fingerprint density at radius 3 is 2.48 bits per heavy atom. The van der Waals surface area contributed by atoms with E-state index < -0.39 is 5.97 Å². The van der Waals surface area contributed by atoms with Crippen molar-refractivity contribution in [3.8, 4) is 5.75 Å². The molecular formula is C20H23NO4. The molecule has 2 aromatic carbocycles. The van der Waals surface area contributed by atoms with E-state index in [1.807, 2.05) is 45.0 Å². The standard InChI is InChI=1S/C20H23NO4/c1-13-8-9-17(15(3)12-13)25-11-10-18(22)21-19-14(2)6-5-7-16(19)20(23)24-4/h5-9,12H,10-11H2,1-4H3,(H,21,22). The second kappa shape index (κ2) is 8.33. The van der Waals surface area contributed by atoms with Gasteiger partial charge in [-0.2, -0.15) is 0 Å². The van der Waals surface area contributed by atoms with E-state index >= 15 is 0 Å². The van der Waals surface area contributed by atoms with Crippen LogP contribution in [0.4, 0.5) is 5.69 Å². The summed E-state index contributed by atoms with van der Waals surface area (Å²) in [6, 6.07) is 11.1. The van der Waals surface area contributed by atoms with Crippen molar-refractivity contribution >= 4 is 17.6 Å². The van der Waals surface area contributed by atoms with Gasteiger partial charge in [0.25, 0.3) is 0 Å². The summed E-state index contributed by atoms with van der Waals surface area (Å²) in [7, 11) is 1.31. The first kappa shape index (κ1) is 18.5. The van der Waals surface area contributed by atoms with Gasteiger partial charge in [-0.25, -0.2) is 4.79 Å². The van der Waals surface area contributed by atoms with Gasteiger partial charge in [0.2, 0.25) is 5.91 Å². The van der Waals surface area contributed by atoms with Crippen LogP contribution >= 0.6 is 0 Å². The first-order chi connectivity index (χ1) is 11.9. The number of rotatable bonds is 6. The summed E-state index contributed by atoms with van der Waals surface area (Å²) in [4.78, 5) is 24.0. The minimum absolute atomic E-state index is 0.183. The molecule has 0 radical (unpaired) electrons. The van der Waals surface area contributed by atoms with Gasteiger partial charge < -0.3 is 14.8 Å². The van der Waals surface area contributed by atoms with Crippen LogP contribution in [0.25, 0.3) is 0 Å². The van der Waals surface area contributed by atoms with Crippen molar-refractivity contribution in [3.05, 3.63) is 58.7 Å². The molecule has 2 rings (SSSR count). The predicted molar refractivity (Wildman–Crippen MR) is 97.2 cm³/mol. The molecule has 25 heavy (non-hydrogen) atoms. The smallest absolute Gasteiger partial charge is 0.339 e. The number of aryl methyl sites for hydroxylation is 3. The number of benzene rings is 2. The van der Waals surface area contributed by atoms with Gasteiger partial charge in [0, 0.05) is 0 Å². The molecule has 2 aromatic rings. The molecule has 0 aromatic heterocycles. The summed E-state index contributed by atoms with van der Waals surface area (Å²) in [5.74, 6) is 0.0688. The second-order valence-electron chi connectivity index (χ2n) is 5.90. The van der Waals surface area contributed by atoms with Gasteiger partial charge in [-0.05, 0) is 44.0 Å². The Morgan fingerprint density at radius 1 is 1.04 bits per heavy atom. The normalized spacial score (nSPS) is 10.2. The molecule has 0 atom stereocenters. The van der Waals surface area contributed by atoms with Crippen molar-refractivity contribution in [1.82, 2.24) is 0 Å². The van der Waals surface area contributed by atoms with Crippen LogP contribution < -0.4 is 10.1 Å². The van der Waals surface area contributed by atoms with Crippen molar-refractivity contribution < 1.29 is 19.1 Å². The van der Waals surface area contributed by atoms with Crippen LogP contribution in [-0.2, 0) is 9.53 Å². The number of methoxy groups -OCH3 is 1. The van der Waals surface area contributed by atoms with E-state index in [9.17, 15) is 9.59 Å². The molecule has 5 nitrogen and oxygen atoms in total. The van der Waals surface area contributed by atoms with Crippen LogP contribution in [0.5, 0.6) is 5.75 Å². The van der Waals surface area contributed by atoms with Gasteiger partial charge in [-0.15, -0.1) is 0 Å². The van der Waals surface area contributed by atoms with E-state index in [4.69, 9.17) is 9.47 Å². The van der Waals surface area contributed by atoms with Crippen molar-refractivity contribution in [2.45, 2.75) is 27.2 Å². The molecule has 5 heteroatoms. The van der Waals surface area contributed by atoms with E-state index in [2.05, 4.69) is 5.32 Å². The fourth-order valence-corrected chi connectivity index (χ4v) is 2.53. The molecule has 1 amide bonds. The maximum atomic E-state index is 12.2. The number of nitrogens with one attached hydrogen (secondary N) is 1. The molecule has 0 heterocycles. The van der Waals surface area contributed by atoms with Crippen LogP contribution in [0.1, 0.15) is 33.5 Å². The second-order valence-corrected chi connectivity index (χ2v) is 5.90. The third-order valence-corrected chi connectivity index (χ3v) is 3.86. The number of carbonyl (C=O) groups excluding carboxylic acids is 2. The first-order valence-corrected chi connectivity index (χ1v) is 8.10. The van der Waals surface area contributed by atoms with E-state index in [1.165, 1.54) is 7.11 Å². The largest absolute Gasteiger partial charge is 0.493 e. The Bertz CT molecular complexity index is 783. The zero-order valence-corrected chi connectivity index (χ0v) is 15.0. The van der Waals surface area contributed by atoms with Crippen LogP contribution in [0.2, 0.25) is 0 Å². The molecule has 0 aliphatic heterocycles. The van der Waals surface area contributed by atoms with Crippen LogP contribution in [0, 0.1) is 20.8 Å². The third kappa shape index (κ3) is 4.83. The van der Waals surface area contributed by atoms with Crippen molar-refractivity contribution in [2.75, 3.05) is 19.0 Å². The molecule has 0 spiro atoms. The van der Waals surface area contributed by atoms with E-state index in [1.54, 1.807) is 12.1 Å². The SMILES string of the molecule is COC(=O)c1cccc(C)c1NC(=O)CCOc1ccc(C)cc1C. The van der Waals surface area contributed by atoms with Crippen molar-refractivity contribution in [3.63, 3.8) is 0 Å². The minimum Gasteiger partial charge on any atom is -0.493 e. The van der Waals surface area contributed by atoms with Gasteiger partial charge in [0.15, 0.2) is 0 Å². The lowest BCUT2D eigenvalue weighted by atomic mass is 10.1. The summed E-state index contributed by atoms with van der Waals surface area (Å²) in [5, 5.41) is 2.78. The zero-order chi connectivity index (χ0) is 18.4. The maximum Gasteiger partial charge on any atom is 0.339 e. The summed E-state index contributed by atoms with van der Waals surface area (Å²) in [6.07, 6.45) is 0.183. The van der Waals surface area contributed by atoms with Crippen LogP contribution in [0.3, 0.4) is 0 Å². The number of anilines is 1. The Hall–Kier alpha value is -2.82. The lowest BCUT2D eigenvalue weighted by Gasteiger charge is -2.13. The minimum atomic E-state index is -0.481. The first-order valence-electron chi connectivity index (χ1n) is 8.10. The highest BCUT2D eigenvalue weighted by atomic mass is 16.5. The molecule has 0 aliphatic carbocycles. The molecule has 0 saturated heterocycles. The summed E-state index contributed by atoms with van der Waals surface area (Å²) >= 11 is 0. The number of hydrogen-bond donors (Lipinski definition) is 1. The quantitative estimate of drug-likeness (QED) is 0.812. The predicted octanol–water partition coefficient (Wildman–Crippen LogP) is 3.81. The number of ether oxygens (including phenoxy) is 2. The highest BCUT2D eigenvalue weighted by molar-refractivity contribution is 6.02. The average molecular weight is 341 g/mol. The number of carbonyl (C=O) groups is 2. The third-order valence-electron chi connectivity index (χ3n) is 3.86. The summed E-state index contributed by atoms with van der Waals surface area (Å²) in [6.45, 7) is 6.08. The lowest BCUT2D eigenvalue weighted by molar-refractivity contribution is -0.116. The van der Waals surface area contributed by atoms with E-state index in [-0.39, 0.29) is 18.9 Å². The number of amides is 1. The number of para-hydroxylation sites is 1. The molecule has 1 N–H and O–H groups in total. The maximum absolute atomic E-state index is 12.2. The fourth-order valence-electron chi connectivity index (χ4n) is 2.53. The zero-order valence-electron chi connectivity index (χ0n) is 15.0. The summed E-state index contributed by atoms with van der Waals surface area (Å²) in [5.41, 5.74) is 3.81. The average Bonchev–Trinajstić information content (AvgIpc) is 2.58. The fraction of sp³-hybridized carbons (Fsp3) is 0.300. The Kier molecular flexibility index (Phi) is 6.17. The Labute approximate surface area is 148 Å². The molecule has 0 saturated carbocycles. The van der Waals surface area contributed by atoms with Gasteiger partial charge in [-0.3, -0.25) is 4.79 Å². The monoisotopic (exact) mass is 341 g/mol. The molecule has 0 bridgehead atoms. The molecule has 0 unspecified atom stereocenters. The molecule has 0 fully saturated rings. The van der Waals surface area contributed by atoms with E-state index in [0.29, 0.717) is 11.3 Å². The highest BCUT2D eigenvalue weighted by Crippen LogP contribution is 2.22. The summed E-state index contributed by atoms with van der Waals surface area (Å²) < 4.78 is 10.4. The van der Waals surface area contributed by atoms with Crippen molar-refractivity contribution in [2.24, 2.45) is 0 Å². The number of hydrogen-bond acceptors (Lipinski definition) is 4. The van der Waals surface area contributed by atoms with Gasteiger partial charge >= 0.3 is 5.97 Å². The van der Waals surface area contributed by atoms with Gasteiger partial charge in [0.05, 0.1) is 31.4 Å². The Morgan fingerprint density at radius 2 is 1.80 bits per heavy atom.